The van der Waals surface area contributed by atoms with E-state index < -0.39 is 0 Å². The fourth-order valence-corrected chi connectivity index (χ4v) is 3.78. The monoisotopic (exact) mass is 321 g/mol. The first-order valence-electron chi connectivity index (χ1n) is 7.49. The molecule has 0 radical (unpaired) electrons. The molecule has 2 heterocycles. The van der Waals surface area contributed by atoms with E-state index >= 15 is 0 Å². The molecule has 4 rings (SSSR count). The topological polar surface area (TPSA) is 47.8 Å². The zero-order valence-corrected chi connectivity index (χ0v) is 13.5. The average Bonchev–Trinajstić information content (AvgIpc) is 3.01. The van der Waals surface area contributed by atoms with E-state index in [1.54, 1.807) is 11.8 Å². The third-order valence-electron chi connectivity index (χ3n) is 3.90. The molecule has 0 N–H and O–H groups in total. The maximum atomic E-state index is 12.4. The average molecular weight is 321 g/mol. The van der Waals surface area contributed by atoms with Gasteiger partial charge in [0.25, 0.3) is 5.91 Å². The van der Waals surface area contributed by atoms with E-state index in [1.807, 2.05) is 49.4 Å². The third-order valence-corrected chi connectivity index (χ3v) is 5.10. The second kappa shape index (κ2) is 5.66. The van der Waals surface area contributed by atoms with E-state index in [4.69, 9.17) is 0 Å². The molecular formula is C18H15N3OS. The Morgan fingerprint density at radius 3 is 2.57 bits per heavy atom. The smallest absolute Gasteiger partial charge is 0.250 e. The van der Waals surface area contributed by atoms with Gasteiger partial charge in [0.2, 0.25) is 0 Å². The van der Waals surface area contributed by atoms with E-state index in [0.717, 1.165) is 11.1 Å². The predicted octanol–water partition coefficient (Wildman–Crippen LogP) is 4.13. The molecule has 0 aliphatic carbocycles. The van der Waals surface area contributed by atoms with Gasteiger partial charge in [0, 0.05) is 17.2 Å². The number of rotatable bonds is 2. The van der Waals surface area contributed by atoms with E-state index in [-0.39, 0.29) is 11.2 Å². The molecule has 4 nitrogen and oxygen atoms in total. The summed E-state index contributed by atoms with van der Waals surface area (Å²) in [6.07, 6.45) is 0.443. The molecule has 0 spiro atoms. The Balaban J connectivity index is 1.68. The van der Waals surface area contributed by atoms with Crippen LogP contribution in [-0.4, -0.2) is 20.7 Å². The summed E-state index contributed by atoms with van der Waals surface area (Å²) in [5.41, 5.74) is 3.27. The first-order chi connectivity index (χ1) is 11.2. The highest BCUT2D eigenvalue weighted by molar-refractivity contribution is 7.99. The van der Waals surface area contributed by atoms with Crippen LogP contribution in [0.15, 0.2) is 59.8 Å². The molecule has 23 heavy (non-hydrogen) atoms. The molecule has 2 aromatic carbocycles. The quantitative estimate of drug-likeness (QED) is 0.712. The van der Waals surface area contributed by atoms with E-state index in [0.29, 0.717) is 17.4 Å². The second-order valence-corrected chi connectivity index (χ2v) is 6.78. The first-order valence-corrected chi connectivity index (χ1v) is 8.37. The molecule has 0 saturated heterocycles. The van der Waals surface area contributed by atoms with Crippen LogP contribution in [-0.2, 0) is 0 Å². The van der Waals surface area contributed by atoms with Crippen LogP contribution >= 0.6 is 11.8 Å². The van der Waals surface area contributed by atoms with E-state index in [2.05, 4.69) is 22.2 Å². The number of carbonyl (C=O) groups is 1. The molecule has 1 aliphatic rings. The molecule has 5 heteroatoms. The van der Waals surface area contributed by atoms with Gasteiger partial charge >= 0.3 is 0 Å². The van der Waals surface area contributed by atoms with E-state index in [9.17, 15) is 4.79 Å². The van der Waals surface area contributed by atoms with Crippen molar-refractivity contribution in [1.29, 1.82) is 0 Å². The molecule has 1 aliphatic heterocycles. The van der Waals surface area contributed by atoms with Crippen molar-refractivity contribution in [3.63, 3.8) is 0 Å². The normalized spacial score (nSPS) is 17.1. The molecule has 0 saturated carbocycles. The van der Waals surface area contributed by atoms with Crippen molar-refractivity contribution in [2.75, 3.05) is 0 Å². The number of thioether (sulfide) groups is 1. The van der Waals surface area contributed by atoms with Gasteiger partial charge in [-0.05, 0) is 12.5 Å². The first kappa shape index (κ1) is 14.2. The number of aryl methyl sites for hydroxylation is 1. The number of aromatic nitrogens is 3. The zero-order chi connectivity index (χ0) is 15.8. The van der Waals surface area contributed by atoms with Crippen molar-refractivity contribution < 1.29 is 4.79 Å². The summed E-state index contributed by atoms with van der Waals surface area (Å²) in [7, 11) is 0. The Hall–Kier alpha value is -2.40. The highest BCUT2D eigenvalue weighted by Gasteiger charge is 2.29. The molecule has 1 atom stereocenters. The summed E-state index contributed by atoms with van der Waals surface area (Å²) in [5, 5.41) is 5.17. The summed E-state index contributed by atoms with van der Waals surface area (Å²) >= 11 is 1.60. The van der Waals surface area contributed by atoms with Gasteiger partial charge in [0.15, 0.2) is 11.0 Å². The molecule has 0 unspecified atom stereocenters. The van der Waals surface area contributed by atoms with Crippen molar-refractivity contribution in [3.8, 4) is 11.4 Å². The Kier molecular flexibility index (Phi) is 3.50. The highest BCUT2D eigenvalue weighted by atomic mass is 32.2. The van der Waals surface area contributed by atoms with Gasteiger partial charge in [-0.1, -0.05) is 71.9 Å². The minimum absolute atomic E-state index is 0.00142. The molecule has 3 aromatic rings. The summed E-state index contributed by atoms with van der Waals surface area (Å²) < 4.78 is 1.44. The fourth-order valence-electron chi connectivity index (χ4n) is 2.63. The lowest BCUT2D eigenvalue weighted by atomic mass is 10.1. The van der Waals surface area contributed by atoms with Gasteiger partial charge < -0.3 is 0 Å². The molecule has 1 aromatic heterocycles. The summed E-state index contributed by atoms with van der Waals surface area (Å²) in [6, 6.07) is 18.1. The van der Waals surface area contributed by atoms with Crippen molar-refractivity contribution in [2.24, 2.45) is 0 Å². The van der Waals surface area contributed by atoms with Gasteiger partial charge in [-0.2, -0.15) is 4.68 Å². The summed E-state index contributed by atoms with van der Waals surface area (Å²) in [4.78, 5) is 17.0. The van der Waals surface area contributed by atoms with Crippen molar-refractivity contribution >= 4 is 17.7 Å². The molecule has 0 fully saturated rings. The summed E-state index contributed by atoms with van der Waals surface area (Å²) in [5.74, 6) is 0.605. The maximum absolute atomic E-state index is 12.4. The van der Waals surface area contributed by atoms with Gasteiger partial charge in [0.05, 0.1) is 0 Å². The molecule has 0 bridgehead atoms. The van der Waals surface area contributed by atoms with Crippen LogP contribution in [0.4, 0.5) is 0 Å². The lowest BCUT2D eigenvalue weighted by Crippen LogP contribution is -2.20. The summed E-state index contributed by atoms with van der Waals surface area (Å²) in [6.45, 7) is 2.04. The van der Waals surface area contributed by atoms with E-state index in [1.165, 1.54) is 10.2 Å². The van der Waals surface area contributed by atoms with Gasteiger partial charge in [0.1, 0.15) is 0 Å². The lowest BCUT2D eigenvalue weighted by molar-refractivity contribution is 0.0868. The van der Waals surface area contributed by atoms with Gasteiger partial charge in [-0.15, -0.1) is 5.10 Å². The number of hydrogen-bond donors (Lipinski definition) is 0. The van der Waals surface area contributed by atoms with Crippen LogP contribution in [0, 0.1) is 6.92 Å². The standard InChI is InChI=1S/C18H15N3OS/c1-12-7-9-14(10-8-12)17-19-18-21(20-17)16(22)11-15(23-18)13-5-3-2-4-6-13/h2-10,15H,11H2,1H3/t15-/m0/s1. The number of carbonyl (C=O) groups excluding carboxylic acids is 1. The predicted molar refractivity (Wildman–Crippen MR) is 90.5 cm³/mol. The molecular weight excluding hydrogens is 306 g/mol. The van der Waals surface area contributed by atoms with Crippen LogP contribution in [0.2, 0.25) is 0 Å². The Morgan fingerprint density at radius 1 is 1.09 bits per heavy atom. The Labute approximate surface area is 138 Å². The SMILES string of the molecule is Cc1ccc(-c2nc3n(n2)C(=O)C[C@@H](c2ccccc2)S3)cc1. The van der Waals surface area contributed by atoms with Crippen LogP contribution in [0.3, 0.4) is 0 Å². The third kappa shape index (κ3) is 2.68. The largest absolute Gasteiger partial charge is 0.272 e. The minimum atomic E-state index is -0.00142. The van der Waals surface area contributed by atoms with Crippen molar-refractivity contribution in [1.82, 2.24) is 14.8 Å². The molecule has 0 amide bonds. The van der Waals surface area contributed by atoms with Crippen LogP contribution < -0.4 is 0 Å². The van der Waals surface area contributed by atoms with Gasteiger partial charge in [-0.25, -0.2) is 4.98 Å². The number of hydrogen-bond acceptors (Lipinski definition) is 4. The second-order valence-electron chi connectivity index (χ2n) is 5.61. The molecule has 114 valence electrons. The van der Waals surface area contributed by atoms with Crippen LogP contribution in [0.25, 0.3) is 11.4 Å². The number of nitrogens with zero attached hydrogens (tertiary/aromatic N) is 3. The number of benzene rings is 2. The minimum Gasteiger partial charge on any atom is -0.272 e. The fraction of sp³-hybridized carbons (Fsp3) is 0.167. The van der Waals surface area contributed by atoms with Crippen LogP contribution in [0.1, 0.15) is 27.6 Å². The lowest BCUT2D eigenvalue weighted by Gasteiger charge is -2.20. The maximum Gasteiger partial charge on any atom is 0.250 e. The Morgan fingerprint density at radius 2 is 1.83 bits per heavy atom. The highest BCUT2D eigenvalue weighted by Crippen LogP contribution is 2.41. The van der Waals surface area contributed by atoms with Crippen LogP contribution in [0.5, 0.6) is 0 Å². The van der Waals surface area contributed by atoms with Crippen molar-refractivity contribution in [3.05, 3.63) is 65.7 Å². The van der Waals surface area contributed by atoms with Gasteiger partial charge in [-0.3, -0.25) is 4.79 Å². The van der Waals surface area contributed by atoms with Crippen molar-refractivity contribution in [2.45, 2.75) is 23.8 Å². The number of fused-ring (bicyclic) bond motifs is 1. The Bertz CT molecular complexity index is 856. The zero-order valence-electron chi connectivity index (χ0n) is 12.6.